The van der Waals surface area contributed by atoms with E-state index in [9.17, 15) is 4.39 Å². The van der Waals surface area contributed by atoms with Crippen molar-refractivity contribution in [1.82, 2.24) is 0 Å². The fourth-order valence-corrected chi connectivity index (χ4v) is 1.98. The molecule has 110 valence electrons. The van der Waals surface area contributed by atoms with Gasteiger partial charge < -0.3 is 14.9 Å². The van der Waals surface area contributed by atoms with Crippen LogP contribution in [0.15, 0.2) is 34.7 Å². The molecule has 21 heavy (non-hydrogen) atoms. The molecular formula is C16H17FN2O2. The standard InChI is InChI=1S/C16H17FN2O2/c1-3-14(19)16(15-7-4-10(2)20-15)21-12-6-5-11(9-18)13(17)8-12/h4-8,14,16H,3,19H2,1-2H3. The van der Waals surface area contributed by atoms with Gasteiger partial charge in [-0.05, 0) is 37.6 Å². The Hall–Kier alpha value is -2.32. The molecule has 2 atom stereocenters. The zero-order valence-corrected chi connectivity index (χ0v) is 12.0. The lowest BCUT2D eigenvalue weighted by Crippen LogP contribution is -2.31. The van der Waals surface area contributed by atoms with Gasteiger partial charge in [-0.3, -0.25) is 0 Å². The number of furan rings is 1. The largest absolute Gasteiger partial charge is 0.481 e. The highest BCUT2D eigenvalue weighted by molar-refractivity contribution is 5.36. The van der Waals surface area contributed by atoms with E-state index in [4.69, 9.17) is 20.1 Å². The molecule has 2 rings (SSSR count). The van der Waals surface area contributed by atoms with Gasteiger partial charge in [0.1, 0.15) is 29.2 Å². The average molecular weight is 288 g/mol. The molecule has 1 aromatic carbocycles. The fourth-order valence-electron chi connectivity index (χ4n) is 1.98. The SMILES string of the molecule is CCC(N)C(Oc1ccc(C#N)c(F)c1)c1ccc(C)o1. The lowest BCUT2D eigenvalue weighted by molar-refractivity contribution is 0.143. The lowest BCUT2D eigenvalue weighted by atomic mass is 10.1. The molecule has 0 radical (unpaired) electrons. The highest BCUT2D eigenvalue weighted by atomic mass is 19.1. The van der Waals surface area contributed by atoms with E-state index in [1.54, 1.807) is 18.2 Å². The number of rotatable bonds is 5. The second-order valence-corrected chi connectivity index (χ2v) is 4.81. The minimum atomic E-state index is -0.616. The minimum absolute atomic E-state index is 0.0208. The molecule has 5 heteroatoms. The number of nitrogens with zero attached hydrogens (tertiary/aromatic N) is 1. The third-order valence-electron chi connectivity index (χ3n) is 3.23. The summed E-state index contributed by atoms with van der Waals surface area (Å²) in [4.78, 5) is 0. The molecule has 1 heterocycles. The van der Waals surface area contributed by atoms with Crippen LogP contribution in [0.5, 0.6) is 5.75 Å². The molecule has 0 spiro atoms. The quantitative estimate of drug-likeness (QED) is 0.914. The van der Waals surface area contributed by atoms with Crippen molar-refractivity contribution in [3.05, 3.63) is 53.2 Å². The number of aryl methyl sites for hydroxylation is 1. The van der Waals surface area contributed by atoms with E-state index in [-0.39, 0.29) is 11.6 Å². The maximum Gasteiger partial charge on any atom is 0.171 e. The van der Waals surface area contributed by atoms with Crippen LogP contribution in [0.4, 0.5) is 4.39 Å². The van der Waals surface area contributed by atoms with Gasteiger partial charge in [-0.25, -0.2) is 4.39 Å². The van der Waals surface area contributed by atoms with E-state index >= 15 is 0 Å². The van der Waals surface area contributed by atoms with Crippen molar-refractivity contribution in [2.45, 2.75) is 32.4 Å². The molecule has 0 saturated heterocycles. The maximum atomic E-state index is 13.6. The number of ether oxygens (including phenoxy) is 1. The summed E-state index contributed by atoms with van der Waals surface area (Å²) in [5.74, 6) is 1.06. The molecule has 0 aliphatic heterocycles. The number of benzene rings is 1. The Morgan fingerprint density at radius 2 is 2.14 bits per heavy atom. The van der Waals surface area contributed by atoms with E-state index in [1.165, 1.54) is 12.1 Å². The number of nitriles is 1. The zero-order chi connectivity index (χ0) is 15.4. The first kappa shape index (κ1) is 15.1. The van der Waals surface area contributed by atoms with Crippen LogP contribution >= 0.6 is 0 Å². The summed E-state index contributed by atoms with van der Waals surface area (Å²) in [7, 11) is 0. The van der Waals surface area contributed by atoms with E-state index in [0.29, 0.717) is 17.9 Å². The van der Waals surface area contributed by atoms with Crippen molar-refractivity contribution in [3.63, 3.8) is 0 Å². The van der Waals surface area contributed by atoms with Crippen LogP contribution in [0, 0.1) is 24.1 Å². The van der Waals surface area contributed by atoms with Gasteiger partial charge in [0.15, 0.2) is 6.10 Å². The van der Waals surface area contributed by atoms with Gasteiger partial charge in [-0.1, -0.05) is 6.92 Å². The molecule has 2 unspecified atom stereocenters. The van der Waals surface area contributed by atoms with Crippen molar-refractivity contribution in [2.75, 3.05) is 0 Å². The summed E-state index contributed by atoms with van der Waals surface area (Å²) in [5, 5.41) is 8.73. The van der Waals surface area contributed by atoms with Gasteiger partial charge in [-0.2, -0.15) is 5.26 Å². The third-order valence-corrected chi connectivity index (χ3v) is 3.23. The molecule has 0 saturated carbocycles. The van der Waals surface area contributed by atoms with E-state index < -0.39 is 11.9 Å². The molecule has 0 fully saturated rings. The highest BCUT2D eigenvalue weighted by Gasteiger charge is 2.24. The number of hydrogen-bond donors (Lipinski definition) is 1. The normalized spacial score (nSPS) is 13.5. The van der Waals surface area contributed by atoms with Crippen LogP contribution in [-0.2, 0) is 0 Å². The van der Waals surface area contributed by atoms with Gasteiger partial charge in [0.2, 0.25) is 0 Å². The topological polar surface area (TPSA) is 72.2 Å². The van der Waals surface area contributed by atoms with Crippen molar-refractivity contribution in [1.29, 1.82) is 5.26 Å². The van der Waals surface area contributed by atoms with Crippen LogP contribution in [0.1, 0.15) is 36.5 Å². The lowest BCUT2D eigenvalue weighted by Gasteiger charge is -2.22. The fraction of sp³-hybridized carbons (Fsp3) is 0.312. The Bertz CT molecular complexity index is 661. The smallest absolute Gasteiger partial charge is 0.171 e. The average Bonchev–Trinajstić information content (AvgIpc) is 2.90. The molecule has 0 aliphatic rings. The van der Waals surface area contributed by atoms with Crippen molar-refractivity contribution >= 4 is 0 Å². The second-order valence-electron chi connectivity index (χ2n) is 4.81. The summed E-state index contributed by atoms with van der Waals surface area (Å²) in [6.07, 6.45) is 0.180. The van der Waals surface area contributed by atoms with Gasteiger partial charge in [0, 0.05) is 12.1 Å². The van der Waals surface area contributed by atoms with E-state index in [0.717, 1.165) is 5.76 Å². The predicted molar refractivity (Wildman–Crippen MR) is 76.2 cm³/mol. The molecule has 1 aromatic heterocycles. The summed E-state index contributed by atoms with van der Waals surface area (Å²) < 4.78 is 25.0. The molecule has 4 nitrogen and oxygen atoms in total. The Kier molecular flexibility index (Phi) is 4.61. The van der Waals surface area contributed by atoms with Gasteiger partial charge >= 0.3 is 0 Å². The van der Waals surface area contributed by atoms with Crippen LogP contribution < -0.4 is 10.5 Å². The molecule has 0 aliphatic carbocycles. The highest BCUT2D eigenvalue weighted by Crippen LogP contribution is 2.28. The minimum Gasteiger partial charge on any atom is -0.481 e. The van der Waals surface area contributed by atoms with Gasteiger partial charge in [-0.15, -0.1) is 0 Å². The van der Waals surface area contributed by atoms with Crippen LogP contribution in [0.25, 0.3) is 0 Å². The summed E-state index contributed by atoms with van der Waals surface area (Å²) in [6, 6.07) is 9.23. The maximum absolute atomic E-state index is 13.6. The summed E-state index contributed by atoms with van der Waals surface area (Å²) in [6.45, 7) is 3.77. The van der Waals surface area contributed by atoms with Gasteiger partial charge in [0.05, 0.1) is 5.56 Å². The second kappa shape index (κ2) is 6.42. The van der Waals surface area contributed by atoms with Crippen LogP contribution in [0.3, 0.4) is 0 Å². The molecule has 2 aromatic rings. The van der Waals surface area contributed by atoms with Crippen LogP contribution in [-0.4, -0.2) is 6.04 Å². The van der Waals surface area contributed by atoms with Crippen molar-refractivity contribution in [2.24, 2.45) is 5.73 Å². The van der Waals surface area contributed by atoms with E-state index in [2.05, 4.69) is 0 Å². The molecule has 0 amide bonds. The first-order chi connectivity index (χ1) is 10.0. The molecular weight excluding hydrogens is 271 g/mol. The number of halogens is 1. The van der Waals surface area contributed by atoms with Crippen molar-refractivity contribution in [3.8, 4) is 11.8 Å². The Morgan fingerprint density at radius 3 is 2.67 bits per heavy atom. The first-order valence-electron chi connectivity index (χ1n) is 6.73. The molecule has 2 N–H and O–H groups in total. The first-order valence-corrected chi connectivity index (χ1v) is 6.73. The Labute approximate surface area is 122 Å². The van der Waals surface area contributed by atoms with Crippen LogP contribution in [0.2, 0.25) is 0 Å². The summed E-state index contributed by atoms with van der Waals surface area (Å²) in [5.41, 5.74) is 6.05. The summed E-state index contributed by atoms with van der Waals surface area (Å²) >= 11 is 0. The predicted octanol–water partition coefficient (Wildman–Crippen LogP) is 3.46. The van der Waals surface area contributed by atoms with Gasteiger partial charge in [0.25, 0.3) is 0 Å². The Balaban J connectivity index is 2.27. The monoisotopic (exact) mass is 288 g/mol. The molecule has 0 bridgehead atoms. The Morgan fingerprint density at radius 1 is 1.38 bits per heavy atom. The zero-order valence-electron chi connectivity index (χ0n) is 12.0. The third kappa shape index (κ3) is 3.41. The van der Waals surface area contributed by atoms with E-state index in [1.807, 2.05) is 19.9 Å². The van der Waals surface area contributed by atoms with Crippen molar-refractivity contribution < 1.29 is 13.5 Å². The number of hydrogen-bond acceptors (Lipinski definition) is 4. The number of nitrogens with two attached hydrogens (primary N) is 1.